The zero-order valence-electron chi connectivity index (χ0n) is 18.2. The smallest absolute Gasteiger partial charge is 0.276 e. The highest BCUT2D eigenvalue weighted by atomic mass is 16.5. The fraction of sp³-hybridized carbons (Fsp3) is 0.522. The molecule has 1 aromatic heterocycles. The molecule has 0 radical (unpaired) electrons. The molecule has 1 aromatic carbocycles. The zero-order chi connectivity index (χ0) is 21.8. The highest BCUT2D eigenvalue weighted by Gasteiger charge is 2.37. The molecular formula is C23H30N4O4. The van der Waals surface area contributed by atoms with E-state index >= 15 is 0 Å². The molecule has 2 aromatic rings. The van der Waals surface area contributed by atoms with Gasteiger partial charge < -0.3 is 24.0 Å². The third-order valence-electron chi connectivity index (χ3n) is 6.28. The summed E-state index contributed by atoms with van der Waals surface area (Å²) in [7, 11) is 1.61. The molecule has 8 nitrogen and oxygen atoms in total. The number of likely N-dealkylation sites (tertiary alicyclic amines) is 1. The molecule has 0 aliphatic carbocycles. The van der Waals surface area contributed by atoms with Gasteiger partial charge in [-0.1, -0.05) is 12.1 Å². The summed E-state index contributed by atoms with van der Waals surface area (Å²) >= 11 is 0. The Morgan fingerprint density at radius 3 is 2.52 bits per heavy atom. The van der Waals surface area contributed by atoms with Crippen LogP contribution in [-0.4, -0.2) is 84.1 Å². The summed E-state index contributed by atoms with van der Waals surface area (Å²) in [5, 5.41) is 4.01. The van der Waals surface area contributed by atoms with E-state index in [4.69, 9.17) is 9.26 Å². The number of amides is 2. The van der Waals surface area contributed by atoms with E-state index in [9.17, 15) is 9.59 Å². The molecule has 0 saturated carbocycles. The second-order valence-corrected chi connectivity index (χ2v) is 8.07. The van der Waals surface area contributed by atoms with E-state index in [0.29, 0.717) is 18.7 Å². The third kappa shape index (κ3) is 4.58. The lowest BCUT2D eigenvalue weighted by Crippen LogP contribution is -2.57. The van der Waals surface area contributed by atoms with Crippen LogP contribution in [0.5, 0.6) is 5.75 Å². The molecule has 31 heavy (non-hydrogen) atoms. The Kier molecular flexibility index (Phi) is 6.56. The maximum atomic E-state index is 13.2. The molecule has 4 rings (SSSR count). The Hall–Kier alpha value is -2.87. The third-order valence-corrected chi connectivity index (χ3v) is 6.28. The molecule has 0 unspecified atom stereocenters. The quantitative estimate of drug-likeness (QED) is 0.731. The molecule has 0 bridgehead atoms. The monoisotopic (exact) mass is 426 g/mol. The summed E-state index contributed by atoms with van der Waals surface area (Å²) in [4.78, 5) is 32.4. The predicted molar refractivity (Wildman–Crippen MR) is 116 cm³/mol. The summed E-state index contributed by atoms with van der Waals surface area (Å²) in [5.74, 6) is 1.08. The van der Waals surface area contributed by atoms with Crippen molar-refractivity contribution in [3.05, 3.63) is 36.0 Å². The highest BCUT2D eigenvalue weighted by Crippen LogP contribution is 2.26. The Labute approximate surface area is 182 Å². The van der Waals surface area contributed by atoms with Crippen molar-refractivity contribution in [2.45, 2.75) is 32.2 Å². The van der Waals surface area contributed by atoms with Gasteiger partial charge >= 0.3 is 0 Å². The second kappa shape index (κ2) is 9.51. The number of piperazine rings is 1. The molecule has 0 spiro atoms. The van der Waals surface area contributed by atoms with E-state index in [0.717, 1.165) is 56.9 Å². The van der Waals surface area contributed by atoms with Crippen molar-refractivity contribution in [2.75, 3.05) is 46.4 Å². The first kappa shape index (κ1) is 21.4. The van der Waals surface area contributed by atoms with Crippen LogP contribution in [0.2, 0.25) is 0 Å². The average molecular weight is 427 g/mol. The molecule has 3 heterocycles. The predicted octanol–water partition coefficient (Wildman–Crippen LogP) is 2.51. The number of aromatic nitrogens is 1. The van der Waals surface area contributed by atoms with E-state index in [1.54, 1.807) is 18.1 Å². The number of likely N-dealkylation sites (N-methyl/N-ethyl adjacent to an activating group) is 1. The van der Waals surface area contributed by atoms with Crippen LogP contribution in [0.4, 0.5) is 0 Å². The van der Waals surface area contributed by atoms with E-state index < -0.39 is 6.04 Å². The highest BCUT2D eigenvalue weighted by molar-refractivity contribution is 5.97. The number of benzene rings is 1. The maximum Gasteiger partial charge on any atom is 0.276 e. The van der Waals surface area contributed by atoms with Crippen LogP contribution in [0.15, 0.2) is 34.9 Å². The van der Waals surface area contributed by atoms with Crippen molar-refractivity contribution in [1.82, 2.24) is 19.9 Å². The van der Waals surface area contributed by atoms with Gasteiger partial charge in [-0.25, -0.2) is 0 Å². The number of nitrogens with zero attached hydrogens (tertiary/aromatic N) is 4. The van der Waals surface area contributed by atoms with Gasteiger partial charge in [0.05, 0.1) is 7.11 Å². The van der Waals surface area contributed by atoms with Gasteiger partial charge in [-0.05, 0) is 50.1 Å². The number of hydrogen-bond acceptors (Lipinski definition) is 6. The normalized spacial score (nSPS) is 20.0. The van der Waals surface area contributed by atoms with Crippen molar-refractivity contribution >= 4 is 11.8 Å². The molecule has 0 N–H and O–H groups in total. The van der Waals surface area contributed by atoms with Gasteiger partial charge in [0, 0.05) is 44.4 Å². The van der Waals surface area contributed by atoms with Crippen LogP contribution in [0.1, 0.15) is 36.7 Å². The topological polar surface area (TPSA) is 79.1 Å². The number of carbonyl (C=O) groups is 2. The van der Waals surface area contributed by atoms with Gasteiger partial charge in [0.1, 0.15) is 11.8 Å². The first-order chi connectivity index (χ1) is 15.1. The lowest BCUT2D eigenvalue weighted by atomic mass is 9.99. The van der Waals surface area contributed by atoms with Crippen LogP contribution in [-0.2, 0) is 4.79 Å². The van der Waals surface area contributed by atoms with Crippen LogP contribution in [0.3, 0.4) is 0 Å². The summed E-state index contributed by atoms with van der Waals surface area (Å²) in [6.07, 6.45) is 2.54. The molecule has 1 atom stereocenters. The molecule has 2 amide bonds. The molecule has 2 fully saturated rings. The molecule has 2 saturated heterocycles. The van der Waals surface area contributed by atoms with Gasteiger partial charge in [0.15, 0.2) is 11.5 Å². The summed E-state index contributed by atoms with van der Waals surface area (Å²) in [6.45, 7) is 6.91. The van der Waals surface area contributed by atoms with Gasteiger partial charge in [-0.15, -0.1) is 0 Å². The van der Waals surface area contributed by atoms with Crippen molar-refractivity contribution in [3.63, 3.8) is 0 Å². The van der Waals surface area contributed by atoms with Gasteiger partial charge in [0.2, 0.25) is 5.91 Å². The summed E-state index contributed by atoms with van der Waals surface area (Å²) in [6, 6.07) is 8.61. The fourth-order valence-electron chi connectivity index (χ4n) is 4.34. The minimum absolute atomic E-state index is 0.0580. The number of ether oxygens (including phenoxy) is 1. The van der Waals surface area contributed by atoms with E-state index in [2.05, 4.69) is 17.0 Å². The molecule has 8 heteroatoms. The molecule has 2 aliphatic heterocycles. The Morgan fingerprint density at radius 2 is 1.84 bits per heavy atom. The van der Waals surface area contributed by atoms with E-state index in [-0.39, 0.29) is 17.5 Å². The fourth-order valence-corrected chi connectivity index (χ4v) is 4.34. The van der Waals surface area contributed by atoms with Crippen LogP contribution >= 0.6 is 0 Å². The van der Waals surface area contributed by atoms with Crippen LogP contribution < -0.4 is 4.74 Å². The summed E-state index contributed by atoms with van der Waals surface area (Å²) in [5.41, 5.74) is 1.05. The number of hydrogen-bond donors (Lipinski definition) is 0. The SMILES string of the molecule is CCN1CCN(C(=O)[C@H]2CCCCN2C(=O)c2cc(-c3ccc(OC)cc3)on2)CC1. The first-order valence-electron chi connectivity index (χ1n) is 11.0. The second-order valence-electron chi connectivity index (χ2n) is 8.07. The lowest BCUT2D eigenvalue weighted by molar-refractivity contribution is -0.139. The number of rotatable bonds is 5. The number of carbonyl (C=O) groups excluding carboxylic acids is 2. The standard InChI is InChI=1S/C23H30N4O4/c1-3-25-12-14-26(15-13-25)23(29)20-6-4-5-11-27(20)22(28)19-16-21(31-24-19)17-7-9-18(30-2)10-8-17/h7-10,16,20H,3-6,11-15H2,1-2H3/t20-/m1/s1. The van der Waals surface area contributed by atoms with Gasteiger partial charge in [-0.2, -0.15) is 0 Å². The maximum absolute atomic E-state index is 13.2. The Bertz CT molecular complexity index is 903. The Balaban J connectivity index is 1.47. The minimum atomic E-state index is -0.421. The molecule has 2 aliphatic rings. The largest absolute Gasteiger partial charge is 0.497 e. The van der Waals surface area contributed by atoms with Crippen molar-refractivity contribution in [2.24, 2.45) is 0 Å². The van der Waals surface area contributed by atoms with Crippen LogP contribution in [0.25, 0.3) is 11.3 Å². The number of piperidine rings is 1. The lowest BCUT2D eigenvalue weighted by Gasteiger charge is -2.40. The number of methoxy groups -OCH3 is 1. The average Bonchev–Trinajstić information content (AvgIpc) is 3.33. The first-order valence-corrected chi connectivity index (χ1v) is 11.0. The Morgan fingerprint density at radius 1 is 1.10 bits per heavy atom. The minimum Gasteiger partial charge on any atom is -0.497 e. The van der Waals surface area contributed by atoms with Crippen molar-refractivity contribution in [1.29, 1.82) is 0 Å². The van der Waals surface area contributed by atoms with E-state index in [1.807, 2.05) is 29.2 Å². The van der Waals surface area contributed by atoms with Gasteiger partial charge in [0.25, 0.3) is 5.91 Å². The zero-order valence-corrected chi connectivity index (χ0v) is 18.2. The molecular weight excluding hydrogens is 396 g/mol. The van der Waals surface area contributed by atoms with E-state index in [1.165, 1.54) is 0 Å². The van der Waals surface area contributed by atoms with Crippen molar-refractivity contribution < 1.29 is 18.8 Å². The molecule has 166 valence electrons. The van der Waals surface area contributed by atoms with Crippen molar-refractivity contribution in [3.8, 4) is 17.1 Å². The van der Waals surface area contributed by atoms with Gasteiger partial charge in [-0.3, -0.25) is 9.59 Å². The summed E-state index contributed by atoms with van der Waals surface area (Å²) < 4.78 is 10.6. The van der Waals surface area contributed by atoms with Crippen LogP contribution in [0, 0.1) is 0 Å².